The van der Waals surface area contributed by atoms with Crippen LogP contribution in [0.2, 0.25) is 0 Å². The van der Waals surface area contributed by atoms with Crippen LogP contribution in [-0.4, -0.2) is 30.7 Å². The molecule has 0 aromatic heterocycles. The molecular formula is C7H15NO3S. The summed E-state index contributed by atoms with van der Waals surface area (Å²) in [6, 6.07) is 0. The Kier molecular flexibility index (Phi) is 3.22. The van der Waals surface area contributed by atoms with Gasteiger partial charge < -0.3 is 9.47 Å². The van der Waals surface area contributed by atoms with Crippen LogP contribution in [0.4, 0.5) is 4.79 Å². The molecule has 72 valence electrons. The Morgan fingerprint density at radius 2 is 2.08 bits per heavy atom. The van der Waals surface area contributed by atoms with Gasteiger partial charge in [0.05, 0.1) is 7.11 Å². The average molecular weight is 193 g/mol. The van der Waals surface area contributed by atoms with Gasteiger partial charge in [0, 0.05) is 0 Å². The molecule has 2 N–H and O–H groups in total. The predicted molar refractivity (Wildman–Crippen MR) is 49.1 cm³/mol. The summed E-state index contributed by atoms with van der Waals surface area (Å²) in [5, 5.41) is 6.01. The molecule has 0 radical (unpaired) electrons. The molecular weight excluding hydrogens is 178 g/mol. The van der Waals surface area contributed by atoms with Gasteiger partial charge in [-0.2, -0.15) is 10.2 Å². The molecule has 1 aliphatic rings. The largest absolute Gasteiger partial charge is 0.508 e. The molecule has 0 saturated carbocycles. The summed E-state index contributed by atoms with van der Waals surface area (Å²) in [7, 11) is 0.169. The molecule has 0 aromatic rings. The first-order valence-electron chi connectivity index (χ1n) is 3.91. The highest BCUT2D eigenvalue weighted by molar-refractivity contribution is 8.32. The lowest BCUT2D eigenvalue weighted by atomic mass is 10.4. The first kappa shape index (κ1) is 9.67. The standard InChI is InChI=1S/C7H15NO3S/c1-10-7(9)11-6-12(8)4-2-3-5-12/h2-6,8H2,1H3. The van der Waals surface area contributed by atoms with Crippen LogP contribution in [-0.2, 0) is 9.47 Å². The van der Waals surface area contributed by atoms with Crippen LogP contribution in [0.1, 0.15) is 12.8 Å². The van der Waals surface area contributed by atoms with Crippen LogP contribution in [0.25, 0.3) is 0 Å². The Bertz CT molecular complexity index is 168. The Labute approximate surface area is 73.8 Å². The lowest BCUT2D eigenvalue weighted by molar-refractivity contribution is 0.0872. The highest BCUT2D eigenvalue weighted by Gasteiger charge is 2.25. The second-order valence-electron chi connectivity index (χ2n) is 2.94. The fraction of sp³-hybridized carbons (Fsp3) is 0.857. The third-order valence-corrected chi connectivity index (χ3v) is 4.72. The van der Waals surface area contributed by atoms with Gasteiger partial charge in [0.15, 0.2) is 0 Å². The summed E-state index contributed by atoms with van der Waals surface area (Å²) in [5.41, 5.74) is 0. The smallest absolute Gasteiger partial charge is 0.438 e. The zero-order valence-electron chi connectivity index (χ0n) is 7.25. The third kappa shape index (κ3) is 2.57. The van der Waals surface area contributed by atoms with Crippen molar-refractivity contribution in [1.29, 1.82) is 0 Å². The van der Waals surface area contributed by atoms with Crippen molar-refractivity contribution in [3.05, 3.63) is 0 Å². The van der Waals surface area contributed by atoms with E-state index in [0.29, 0.717) is 5.94 Å². The van der Waals surface area contributed by atoms with E-state index < -0.39 is 16.4 Å². The Hall–Kier alpha value is -0.420. The molecule has 0 unspecified atom stereocenters. The van der Waals surface area contributed by atoms with Crippen LogP contribution >= 0.6 is 10.2 Å². The van der Waals surface area contributed by atoms with Gasteiger partial charge in [-0.25, -0.2) is 4.79 Å². The topological polar surface area (TPSA) is 61.5 Å². The quantitative estimate of drug-likeness (QED) is 0.669. The van der Waals surface area contributed by atoms with E-state index in [9.17, 15) is 4.79 Å². The van der Waals surface area contributed by atoms with Crippen molar-refractivity contribution in [3.63, 3.8) is 0 Å². The average Bonchev–Trinajstić information content (AvgIpc) is 2.49. The molecule has 1 saturated heterocycles. The van der Waals surface area contributed by atoms with Crippen molar-refractivity contribution < 1.29 is 14.3 Å². The maximum absolute atomic E-state index is 10.6. The first-order chi connectivity index (χ1) is 5.66. The zero-order chi connectivity index (χ0) is 9.03. The molecule has 0 bridgehead atoms. The first-order valence-corrected chi connectivity index (χ1v) is 6.11. The highest BCUT2D eigenvalue weighted by Crippen LogP contribution is 2.46. The lowest BCUT2D eigenvalue weighted by Crippen LogP contribution is -2.20. The highest BCUT2D eigenvalue weighted by atomic mass is 32.3. The van der Waals surface area contributed by atoms with E-state index in [1.807, 2.05) is 0 Å². The van der Waals surface area contributed by atoms with E-state index in [4.69, 9.17) is 9.88 Å². The molecule has 0 spiro atoms. The van der Waals surface area contributed by atoms with Gasteiger partial charge in [-0.3, -0.25) is 5.14 Å². The fourth-order valence-electron chi connectivity index (χ4n) is 1.22. The van der Waals surface area contributed by atoms with Crippen molar-refractivity contribution >= 4 is 16.4 Å². The summed E-state index contributed by atoms with van der Waals surface area (Å²) in [4.78, 5) is 10.6. The third-order valence-electron chi connectivity index (χ3n) is 1.93. The van der Waals surface area contributed by atoms with E-state index in [0.717, 1.165) is 24.3 Å². The Morgan fingerprint density at radius 1 is 1.50 bits per heavy atom. The minimum absolute atomic E-state index is 0.361. The second kappa shape index (κ2) is 4.00. The van der Waals surface area contributed by atoms with Crippen molar-refractivity contribution in [2.45, 2.75) is 12.8 Å². The number of carbonyl (C=O) groups is 1. The van der Waals surface area contributed by atoms with Gasteiger partial charge in [0.2, 0.25) is 0 Å². The van der Waals surface area contributed by atoms with Crippen LogP contribution in [0, 0.1) is 0 Å². The normalized spacial score (nSPS) is 23.2. The fourth-order valence-corrected chi connectivity index (χ4v) is 3.55. The predicted octanol–water partition coefficient (Wildman–Crippen LogP) is 1.20. The molecule has 0 aliphatic carbocycles. The molecule has 1 aliphatic heterocycles. The number of carbonyl (C=O) groups excluding carboxylic acids is 1. The van der Waals surface area contributed by atoms with Crippen LogP contribution in [0.5, 0.6) is 0 Å². The SMILES string of the molecule is COC(=O)OCS1(N)CCCC1. The zero-order valence-corrected chi connectivity index (χ0v) is 8.06. The van der Waals surface area contributed by atoms with E-state index in [2.05, 4.69) is 4.74 Å². The van der Waals surface area contributed by atoms with Crippen molar-refractivity contribution in [2.75, 3.05) is 24.6 Å². The summed E-state index contributed by atoms with van der Waals surface area (Å²) >= 11 is 0. The summed E-state index contributed by atoms with van der Waals surface area (Å²) in [6.07, 6.45) is 1.70. The summed E-state index contributed by atoms with van der Waals surface area (Å²) < 4.78 is 9.18. The molecule has 12 heavy (non-hydrogen) atoms. The molecule has 5 heteroatoms. The van der Waals surface area contributed by atoms with Gasteiger partial charge in [0.25, 0.3) is 0 Å². The number of rotatable bonds is 2. The second-order valence-corrected chi connectivity index (χ2v) is 6.22. The maximum atomic E-state index is 10.6. The van der Waals surface area contributed by atoms with Crippen LogP contribution in [0.15, 0.2) is 0 Å². The molecule has 1 rings (SSSR count). The molecule has 1 heterocycles. The maximum Gasteiger partial charge on any atom is 0.508 e. The van der Waals surface area contributed by atoms with Gasteiger partial charge in [-0.05, 0) is 24.3 Å². The monoisotopic (exact) mass is 193 g/mol. The van der Waals surface area contributed by atoms with Gasteiger partial charge in [-0.1, -0.05) is 0 Å². The van der Waals surface area contributed by atoms with E-state index in [-0.39, 0.29) is 0 Å². The molecule has 1 fully saturated rings. The van der Waals surface area contributed by atoms with E-state index >= 15 is 0 Å². The van der Waals surface area contributed by atoms with Gasteiger partial charge >= 0.3 is 6.16 Å². The minimum atomic E-state index is -1.13. The molecule has 0 atom stereocenters. The van der Waals surface area contributed by atoms with E-state index in [1.165, 1.54) is 7.11 Å². The number of methoxy groups -OCH3 is 1. The molecule has 4 nitrogen and oxygen atoms in total. The lowest BCUT2D eigenvalue weighted by Gasteiger charge is -2.28. The van der Waals surface area contributed by atoms with Crippen molar-refractivity contribution in [3.8, 4) is 0 Å². The number of nitrogens with two attached hydrogens (primary N) is 1. The van der Waals surface area contributed by atoms with E-state index in [1.54, 1.807) is 0 Å². The van der Waals surface area contributed by atoms with Crippen molar-refractivity contribution in [1.82, 2.24) is 0 Å². The van der Waals surface area contributed by atoms with Crippen LogP contribution < -0.4 is 5.14 Å². The summed E-state index contributed by atoms with van der Waals surface area (Å²) in [5.74, 6) is 2.40. The van der Waals surface area contributed by atoms with Crippen molar-refractivity contribution in [2.24, 2.45) is 5.14 Å². The number of hydrogen-bond donors (Lipinski definition) is 1. The number of ether oxygens (including phenoxy) is 2. The Balaban J connectivity index is 2.25. The number of hydrogen-bond acceptors (Lipinski definition) is 4. The van der Waals surface area contributed by atoms with Crippen LogP contribution in [0.3, 0.4) is 0 Å². The summed E-state index contributed by atoms with van der Waals surface area (Å²) in [6.45, 7) is 0. The van der Waals surface area contributed by atoms with Gasteiger partial charge in [0.1, 0.15) is 5.94 Å². The molecule has 0 amide bonds. The van der Waals surface area contributed by atoms with Gasteiger partial charge in [-0.15, -0.1) is 0 Å². The molecule has 0 aromatic carbocycles. The minimum Gasteiger partial charge on any atom is -0.438 e. The Morgan fingerprint density at radius 3 is 2.58 bits per heavy atom.